The first-order chi connectivity index (χ1) is 11.8. The molecule has 0 fully saturated rings. The number of carbonyl (C=O) groups excluding carboxylic acids is 2. The van der Waals surface area contributed by atoms with Gasteiger partial charge in [0, 0.05) is 23.9 Å². The van der Waals surface area contributed by atoms with Crippen molar-refractivity contribution >= 4 is 23.2 Å². The van der Waals surface area contributed by atoms with Crippen molar-refractivity contribution in [1.29, 1.82) is 0 Å². The molecule has 2 rings (SSSR count). The molecule has 0 bridgehead atoms. The van der Waals surface area contributed by atoms with E-state index in [-0.39, 0.29) is 17.4 Å². The minimum atomic E-state index is -0.335. The number of carbonyl (C=O) groups is 2. The molecule has 0 aliphatic heterocycles. The molecule has 0 saturated heterocycles. The van der Waals surface area contributed by atoms with Gasteiger partial charge in [0.25, 0.3) is 5.91 Å². The summed E-state index contributed by atoms with van der Waals surface area (Å²) in [7, 11) is 0. The molecule has 0 unspecified atom stereocenters. The second-order valence-electron chi connectivity index (χ2n) is 6.39. The Balaban J connectivity index is 2.12. The minimum absolute atomic E-state index is 0.0504. The Morgan fingerprint density at radius 3 is 2.60 bits per heavy atom. The van der Waals surface area contributed by atoms with Crippen LogP contribution in [0.15, 0.2) is 30.3 Å². The van der Waals surface area contributed by atoms with Crippen LogP contribution in [0.25, 0.3) is 0 Å². The summed E-state index contributed by atoms with van der Waals surface area (Å²) in [5.41, 5.74) is 1.39. The number of rotatable bonds is 7. The fraction of sp³-hybridized carbons (Fsp3) is 0.368. The van der Waals surface area contributed by atoms with Crippen molar-refractivity contribution < 1.29 is 9.59 Å². The Hall–Kier alpha value is -2.76. The predicted octanol–water partition coefficient (Wildman–Crippen LogP) is 3.70. The highest BCUT2D eigenvalue weighted by molar-refractivity contribution is 6.04. The van der Waals surface area contributed by atoms with Gasteiger partial charge in [-0.3, -0.25) is 9.59 Å². The summed E-state index contributed by atoms with van der Waals surface area (Å²) in [6.45, 7) is 8.34. The highest BCUT2D eigenvalue weighted by Crippen LogP contribution is 2.14. The van der Waals surface area contributed by atoms with Gasteiger partial charge in [0.2, 0.25) is 0 Å². The second kappa shape index (κ2) is 8.37. The van der Waals surface area contributed by atoms with E-state index >= 15 is 0 Å². The van der Waals surface area contributed by atoms with Crippen molar-refractivity contribution in [3.63, 3.8) is 0 Å². The topological polar surface area (TPSA) is 84.0 Å². The zero-order valence-corrected chi connectivity index (χ0v) is 15.1. The molecule has 0 atom stereocenters. The molecule has 1 aromatic carbocycles. The molecule has 25 heavy (non-hydrogen) atoms. The van der Waals surface area contributed by atoms with E-state index < -0.39 is 0 Å². The molecular weight excluding hydrogens is 316 g/mol. The lowest BCUT2D eigenvalue weighted by molar-refractivity contribution is 0.100. The molecule has 1 aromatic heterocycles. The number of ketones is 1. The molecule has 0 aliphatic rings. The molecule has 0 radical (unpaired) electrons. The molecule has 2 aromatic rings. The first-order valence-electron chi connectivity index (χ1n) is 8.37. The number of nitrogens with one attached hydrogen (secondary N) is 2. The van der Waals surface area contributed by atoms with Crippen LogP contribution >= 0.6 is 0 Å². The standard InChI is InChI=1S/C19H24N4O2/c1-12(2)8-9-20-18-11-17(21-14(4)22-18)19(25)23-16-7-5-6-15(10-16)13(3)24/h5-7,10-12H,8-9H2,1-4H3,(H,23,25)(H,20,21,22). The molecular formula is C19H24N4O2. The van der Waals surface area contributed by atoms with Crippen LogP contribution in [0, 0.1) is 12.8 Å². The summed E-state index contributed by atoms with van der Waals surface area (Å²) in [6.07, 6.45) is 1.02. The monoisotopic (exact) mass is 340 g/mol. The molecule has 132 valence electrons. The summed E-state index contributed by atoms with van der Waals surface area (Å²) >= 11 is 0. The molecule has 1 heterocycles. The smallest absolute Gasteiger partial charge is 0.274 e. The maximum absolute atomic E-state index is 12.5. The molecule has 6 heteroatoms. The van der Waals surface area contributed by atoms with E-state index in [2.05, 4.69) is 34.4 Å². The van der Waals surface area contributed by atoms with E-state index in [1.807, 2.05) is 0 Å². The lowest BCUT2D eigenvalue weighted by Crippen LogP contribution is -2.16. The first-order valence-corrected chi connectivity index (χ1v) is 8.37. The van der Waals surface area contributed by atoms with E-state index in [9.17, 15) is 9.59 Å². The van der Waals surface area contributed by atoms with Crippen LogP contribution in [0.2, 0.25) is 0 Å². The van der Waals surface area contributed by atoms with Crippen molar-refractivity contribution in [3.8, 4) is 0 Å². The van der Waals surface area contributed by atoms with Crippen molar-refractivity contribution in [3.05, 3.63) is 47.4 Å². The van der Waals surface area contributed by atoms with Crippen molar-refractivity contribution in [2.45, 2.75) is 34.1 Å². The van der Waals surface area contributed by atoms with E-state index in [1.165, 1.54) is 6.92 Å². The van der Waals surface area contributed by atoms with E-state index in [1.54, 1.807) is 37.3 Å². The third kappa shape index (κ3) is 5.67. The van der Waals surface area contributed by atoms with Crippen LogP contribution in [0.3, 0.4) is 0 Å². The Morgan fingerprint density at radius 2 is 1.92 bits per heavy atom. The molecule has 6 nitrogen and oxygen atoms in total. The predicted molar refractivity (Wildman–Crippen MR) is 99.1 cm³/mol. The molecule has 0 spiro atoms. The summed E-state index contributed by atoms with van der Waals surface area (Å²) < 4.78 is 0. The molecule has 2 N–H and O–H groups in total. The van der Waals surface area contributed by atoms with Crippen LogP contribution in [-0.2, 0) is 0 Å². The number of nitrogens with zero attached hydrogens (tertiary/aromatic N) is 2. The minimum Gasteiger partial charge on any atom is -0.370 e. The Bertz CT molecular complexity index is 772. The number of hydrogen-bond donors (Lipinski definition) is 2. The van der Waals surface area contributed by atoms with Crippen molar-refractivity contribution in [1.82, 2.24) is 9.97 Å². The molecule has 0 aliphatic carbocycles. The Morgan fingerprint density at radius 1 is 1.16 bits per heavy atom. The van der Waals surface area contributed by atoms with Crippen molar-refractivity contribution in [2.75, 3.05) is 17.2 Å². The van der Waals surface area contributed by atoms with Crippen LogP contribution in [-0.4, -0.2) is 28.2 Å². The van der Waals surface area contributed by atoms with Crippen LogP contribution < -0.4 is 10.6 Å². The van der Waals surface area contributed by atoms with E-state index in [4.69, 9.17) is 0 Å². The number of aryl methyl sites for hydroxylation is 1. The highest BCUT2D eigenvalue weighted by atomic mass is 16.2. The summed E-state index contributed by atoms with van der Waals surface area (Å²) in [5, 5.41) is 6.00. The number of aromatic nitrogens is 2. The Labute approximate surface area is 148 Å². The van der Waals surface area contributed by atoms with Gasteiger partial charge in [0.15, 0.2) is 5.78 Å². The van der Waals surface area contributed by atoms with Gasteiger partial charge < -0.3 is 10.6 Å². The fourth-order valence-corrected chi connectivity index (χ4v) is 2.27. The summed E-state index contributed by atoms with van der Waals surface area (Å²) in [6, 6.07) is 8.47. The molecule has 0 saturated carbocycles. The second-order valence-corrected chi connectivity index (χ2v) is 6.39. The van der Waals surface area contributed by atoms with Gasteiger partial charge in [-0.1, -0.05) is 26.0 Å². The third-order valence-corrected chi connectivity index (χ3v) is 3.63. The van der Waals surface area contributed by atoms with Crippen LogP contribution in [0.4, 0.5) is 11.5 Å². The van der Waals surface area contributed by atoms with Gasteiger partial charge in [0.05, 0.1) is 0 Å². The normalized spacial score (nSPS) is 10.6. The zero-order valence-electron chi connectivity index (χ0n) is 15.1. The number of anilines is 2. The Kier molecular flexibility index (Phi) is 6.22. The van der Waals surface area contributed by atoms with Crippen LogP contribution in [0.5, 0.6) is 0 Å². The van der Waals surface area contributed by atoms with Gasteiger partial charge >= 0.3 is 0 Å². The number of amides is 1. The number of Topliss-reactive ketones (excluding diaryl/α,β-unsaturated/α-hetero) is 1. The van der Waals surface area contributed by atoms with E-state index in [0.717, 1.165) is 13.0 Å². The van der Waals surface area contributed by atoms with Gasteiger partial charge in [-0.2, -0.15) is 0 Å². The lowest BCUT2D eigenvalue weighted by Gasteiger charge is -2.10. The van der Waals surface area contributed by atoms with Gasteiger partial charge in [-0.05, 0) is 38.3 Å². The zero-order chi connectivity index (χ0) is 18.4. The van der Waals surface area contributed by atoms with Gasteiger partial charge in [0.1, 0.15) is 17.3 Å². The fourth-order valence-electron chi connectivity index (χ4n) is 2.27. The van der Waals surface area contributed by atoms with Crippen LogP contribution in [0.1, 0.15) is 53.9 Å². The average Bonchev–Trinajstić information content (AvgIpc) is 2.54. The maximum Gasteiger partial charge on any atom is 0.274 e. The molecule has 1 amide bonds. The highest BCUT2D eigenvalue weighted by Gasteiger charge is 2.12. The van der Waals surface area contributed by atoms with E-state index in [0.29, 0.717) is 28.8 Å². The number of hydrogen-bond acceptors (Lipinski definition) is 5. The quantitative estimate of drug-likeness (QED) is 0.751. The largest absolute Gasteiger partial charge is 0.370 e. The lowest BCUT2D eigenvalue weighted by atomic mass is 10.1. The summed E-state index contributed by atoms with van der Waals surface area (Å²) in [4.78, 5) is 32.4. The van der Waals surface area contributed by atoms with Gasteiger partial charge in [-0.25, -0.2) is 9.97 Å². The number of benzene rings is 1. The average molecular weight is 340 g/mol. The maximum atomic E-state index is 12.5. The van der Waals surface area contributed by atoms with Crippen molar-refractivity contribution in [2.24, 2.45) is 5.92 Å². The van der Waals surface area contributed by atoms with Gasteiger partial charge in [-0.15, -0.1) is 0 Å². The first kappa shape index (κ1) is 18.6. The SMILES string of the molecule is CC(=O)c1cccc(NC(=O)c2cc(NCCC(C)C)nc(C)n2)c1. The summed E-state index contributed by atoms with van der Waals surface area (Å²) in [5.74, 6) is 1.36. The third-order valence-electron chi connectivity index (χ3n) is 3.63.